The maximum atomic E-state index is 8.24. The number of hydrogen-bond donors (Lipinski definition) is 1. The van der Waals surface area contributed by atoms with Gasteiger partial charge in [0.05, 0.1) is 0 Å². The fourth-order valence-electron chi connectivity index (χ4n) is 8.40. The van der Waals surface area contributed by atoms with Gasteiger partial charge >= 0.3 is 49.5 Å². The first kappa shape index (κ1) is 80.9. The second-order valence-corrected chi connectivity index (χ2v) is 18.9. The average molecular weight is 1470 g/mol. The number of aliphatic hydroxyl groups excluding tert-OH is 1. The van der Waals surface area contributed by atoms with E-state index in [4.69, 9.17) is 25.8 Å². The molecule has 19 heteroatoms. The van der Waals surface area contributed by atoms with Crippen LogP contribution in [0.15, 0.2) is 329 Å². The number of isocyanates is 1. The molecule has 1 N–H and O–H groups in total. The van der Waals surface area contributed by atoms with E-state index in [1.165, 1.54) is 5.40 Å². The number of nitriles is 2. The van der Waals surface area contributed by atoms with Crippen molar-refractivity contribution in [1.82, 2.24) is 39.9 Å². The van der Waals surface area contributed by atoms with E-state index in [2.05, 4.69) is 82.1 Å². The Morgan fingerprint density at radius 3 is 0.582 bits per heavy atom. The largest absolute Gasteiger partial charge is 2.00 e. The van der Waals surface area contributed by atoms with Crippen LogP contribution in [0.4, 0.5) is 11.4 Å². The van der Waals surface area contributed by atoms with Gasteiger partial charge in [0.25, 0.3) is 6.26 Å². The SMILES string of the molecule is N#CO.N#C[S-].[N-]=C=O.[Ni+2].[Ni+2].[Ni+2].[Ni].[c-]1c(-c2ccccn2)cccc1-c1ccccn1.[c-]1c(-c2ccccn2)cccc1-c1ccccn1.[c-]1c(-c2ccccn2)cccc1-c1ccccn1.[c-]1c(-c2ccccn2)cccc1-c1ccccn1.c1ccc([N-]c2ccccc2)cc1. The summed E-state index contributed by atoms with van der Waals surface area (Å²) >= 11 is 3.70. The number of para-hydroxylation sites is 2. The minimum absolute atomic E-state index is 0. The maximum Gasteiger partial charge on any atom is 2.00 e. The summed E-state index contributed by atoms with van der Waals surface area (Å²) < 4.78 is 0. The number of aromatic nitrogens is 8. The minimum atomic E-state index is 0. The summed E-state index contributed by atoms with van der Waals surface area (Å²) in [4.78, 5) is 42.9. The van der Waals surface area contributed by atoms with E-state index in [1.807, 2.05) is 279 Å². The van der Waals surface area contributed by atoms with Gasteiger partial charge in [0.15, 0.2) is 0 Å². The number of carbonyl (C=O) groups excluding carboxylic acids is 1. The van der Waals surface area contributed by atoms with Gasteiger partial charge in [-0.25, -0.2) is 5.26 Å². The Morgan fingerprint density at radius 2 is 0.449 bits per heavy atom. The molecule has 0 bridgehead atoms. The Hall–Kier alpha value is -11.3. The summed E-state index contributed by atoms with van der Waals surface area (Å²) in [6, 6.07) is 104. The second-order valence-electron chi connectivity index (χ2n) is 18.7. The monoisotopic (exact) mass is 1470 g/mol. The van der Waals surface area contributed by atoms with Crippen LogP contribution in [0.25, 0.3) is 101 Å². The Bertz CT molecular complexity index is 3790. The molecule has 0 atom stereocenters. The number of benzene rings is 6. The molecule has 8 heterocycles. The Balaban J connectivity index is 0.000000307. The molecule has 0 aliphatic rings. The first-order valence-electron chi connectivity index (χ1n) is 28.7. The topological polar surface area (TPSA) is 224 Å². The molecule has 0 aliphatic carbocycles. The van der Waals surface area contributed by atoms with Crippen LogP contribution in [-0.2, 0) is 83.4 Å². The Labute approximate surface area is 616 Å². The molecule has 0 saturated carbocycles. The van der Waals surface area contributed by atoms with E-state index < -0.39 is 0 Å². The van der Waals surface area contributed by atoms with Crippen LogP contribution in [0.2, 0.25) is 0 Å². The summed E-state index contributed by atoms with van der Waals surface area (Å²) in [6.07, 6.45) is 15.6. The first-order chi connectivity index (χ1) is 46.4. The fraction of sp³-hybridized carbons (Fsp3) is 0. The van der Waals surface area contributed by atoms with Gasteiger partial charge in [0.1, 0.15) is 0 Å². The third kappa shape index (κ3) is 28.3. The minimum Gasteiger partial charge on any atom is -0.724 e. The zero-order chi connectivity index (χ0) is 65.9. The van der Waals surface area contributed by atoms with E-state index in [0.29, 0.717) is 6.08 Å². The van der Waals surface area contributed by atoms with E-state index in [1.54, 1.807) is 49.6 Å². The van der Waals surface area contributed by atoms with Crippen LogP contribution in [0, 0.1) is 46.4 Å². The zero-order valence-electron chi connectivity index (χ0n) is 51.6. The fourth-order valence-corrected chi connectivity index (χ4v) is 8.40. The van der Waals surface area contributed by atoms with E-state index in [9.17, 15) is 0 Å². The molecular weight excluding hydrogens is 1420 g/mol. The quantitative estimate of drug-likeness (QED) is 0.0336. The summed E-state index contributed by atoms with van der Waals surface area (Å²) in [5.41, 5.74) is 17.3. The van der Waals surface area contributed by atoms with Gasteiger partial charge in [0, 0.05) is 112 Å². The summed E-state index contributed by atoms with van der Waals surface area (Å²) in [5.74, 6) is 0. The predicted molar refractivity (Wildman–Crippen MR) is 372 cm³/mol. The van der Waals surface area contributed by atoms with Crippen LogP contribution in [0.3, 0.4) is 0 Å². The molecule has 14 rings (SSSR count). The van der Waals surface area contributed by atoms with Gasteiger partial charge in [-0.1, -0.05) is 208 Å². The Kier molecular flexibility index (Phi) is 39.9. The maximum absolute atomic E-state index is 8.24. The van der Waals surface area contributed by atoms with Crippen LogP contribution in [0.1, 0.15) is 0 Å². The van der Waals surface area contributed by atoms with Gasteiger partial charge in [-0.2, -0.15) is 5.26 Å². The van der Waals surface area contributed by atoms with Crippen LogP contribution in [0.5, 0.6) is 0 Å². The molecule has 98 heavy (non-hydrogen) atoms. The molecule has 490 valence electrons. The zero-order valence-corrected chi connectivity index (χ0v) is 56.3. The van der Waals surface area contributed by atoms with E-state index >= 15 is 0 Å². The average Bonchev–Trinajstić information content (AvgIpc) is 0.881. The van der Waals surface area contributed by atoms with Crippen LogP contribution in [-0.4, -0.2) is 51.1 Å². The summed E-state index contributed by atoms with van der Waals surface area (Å²) in [6.45, 7) is 0. The second kappa shape index (κ2) is 48.4. The number of nitrogens with zero attached hydrogens (tertiary/aromatic N) is 12. The molecular formula is C79H55N12Ni4O2S-. The van der Waals surface area contributed by atoms with Crippen molar-refractivity contribution in [3.63, 3.8) is 0 Å². The normalized spacial score (nSPS) is 9.00. The van der Waals surface area contributed by atoms with Crippen molar-refractivity contribution in [2.24, 2.45) is 0 Å². The smallest absolute Gasteiger partial charge is 0.724 e. The third-order valence-electron chi connectivity index (χ3n) is 12.5. The number of thiocyanates is 1. The molecule has 0 aliphatic heterocycles. The van der Waals surface area contributed by atoms with Crippen LogP contribution < -0.4 is 0 Å². The standard InChI is InChI=1S/4C16H11N2.C12H10N.CHNO.CNO.CHNS.4Ni/c4*1-3-10-17-15(8-1)13-6-5-7-14(12-13)16-9-2-4-11-18-16;1-3-7-11(8-4-1)13-12-9-5-2-6-10-12;3*2-1-3;;;;/h4*1-11H;1-10H;3H;;3H;;;;/q5*-1;;-1;;;3*+2/p-1. The molecule has 0 fully saturated rings. The van der Waals surface area contributed by atoms with Crippen molar-refractivity contribution in [1.29, 1.82) is 10.5 Å². The number of aliphatic hydroxyl groups is 1. The van der Waals surface area contributed by atoms with Crippen LogP contribution >= 0.6 is 0 Å². The molecule has 14 nitrogen and oxygen atoms in total. The molecule has 0 saturated heterocycles. The summed E-state index contributed by atoms with van der Waals surface area (Å²) in [7, 11) is 0. The number of pyridine rings is 8. The van der Waals surface area contributed by atoms with Gasteiger partial charge in [0.2, 0.25) is 0 Å². The van der Waals surface area contributed by atoms with Crippen molar-refractivity contribution in [3.05, 3.63) is 364 Å². The summed E-state index contributed by atoms with van der Waals surface area (Å²) in [5, 5.41) is 33.4. The third-order valence-corrected chi connectivity index (χ3v) is 12.5. The Morgan fingerprint density at radius 1 is 0.306 bits per heavy atom. The van der Waals surface area contributed by atoms with E-state index in [-0.39, 0.29) is 66.0 Å². The van der Waals surface area contributed by atoms with Crippen molar-refractivity contribution in [2.45, 2.75) is 0 Å². The molecule has 0 amide bonds. The van der Waals surface area contributed by atoms with Gasteiger partial charge in [-0.15, -0.1) is 108 Å². The van der Waals surface area contributed by atoms with Gasteiger partial charge in [-0.3, -0.25) is 44.7 Å². The van der Waals surface area contributed by atoms with E-state index in [0.717, 1.165) is 108 Å². The molecule has 0 spiro atoms. The van der Waals surface area contributed by atoms with Crippen molar-refractivity contribution < 1.29 is 75.9 Å². The first-order valence-corrected chi connectivity index (χ1v) is 29.1. The molecule has 0 unspecified atom stereocenters. The predicted octanol–water partition coefficient (Wildman–Crippen LogP) is 18.2. The molecule has 8 aromatic heterocycles. The van der Waals surface area contributed by atoms with Crippen molar-refractivity contribution in [2.75, 3.05) is 0 Å². The number of hydrogen-bond acceptors (Lipinski definition) is 13. The number of rotatable bonds is 10. The molecule has 14 aromatic rings. The van der Waals surface area contributed by atoms with Gasteiger partial charge in [-0.05, 0) is 54.6 Å². The van der Waals surface area contributed by atoms with Gasteiger partial charge < -0.3 is 28.5 Å². The molecule has 0 radical (unpaired) electrons. The van der Waals surface area contributed by atoms with Crippen molar-refractivity contribution in [3.8, 4) is 102 Å². The molecule has 6 aromatic carbocycles. The van der Waals surface area contributed by atoms with Crippen molar-refractivity contribution >= 4 is 30.1 Å².